The summed E-state index contributed by atoms with van der Waals surface area (Å²) >= 11 is 0. The van der Waals surface area contributed by atoms with Crippen LogP contribution in [-0.4, -0.2) is 23.8 Å². The van der Waals surface area contributed by atoms with Gasteiger partial charge in [0.15, 0.2) is 0 Å². The zero-order chi connectivity index (χ0) is 12.1. The van der Waals surface area contributed by atoms with Crippen LogP contribution in [0.2, 0.25) is 0 Å². The molecule has 1 saturated heterocycles. The molecule has 2 heteroatoms. The number of carbonyl (C=O) groups excluding carboxylic acids is 1. The van der Waals surface area contributed by atoms with Gasteiger partial charge in [-0.1, -0.05) is 43.7 Å². The SMILES string of the molecule is CCC[C@H]1CN(Cc2ccccc2)CCC1=O. The van der Waals surface area contributed by atoms with E-state index in [4.69, 9.17) is 0 Å². The van der Waals surface area contributed by atoms with Gasteiger partial charge < -0.3 is 0 Å². The van der Waals surface area contributed by atoms with Gasteiger partial charge >= 0.3 is 0 Å². The Morgan fingerprint density at radius 1 is 1.29 bits per heavy atom. The molecule has 1 aliphatic rings. The summed E-state index contributed by atoms with van der Waals surface area (Å²) in [5, 5.41) is 0. The molecule has 0 unspecified atom stereocenters. The van der Waals surface area contributed by atoms with Gasteiger partial charge in [-0.3, -0.25) is 9.69 Å². The molecule has 1 fully saturated rings. The van der Waals surface area contributed by atoms with E-state index in [1.165, 1.54) is 5.56 Å². The Labute approximate surface area is 104 Å². The second-order valence-electron chi connectivity index (χ2n) is 4.92. The standard InChI is InChI=1S/C15H21NO/c1-2-6-14-12-16(10-9-15(14)17)11-13-7-4-3-5-8-13/h3-5,7-8,14H,2,6,9-12H2,1H3/t14-/m0/s1. The van der Waals surface area contributed by atoms with E-state index in [9.17, 15) is 4.79 Å². The number of carbonyl (C=O) groups is 1. The van der Waals surface area contributed by atoms with E-state index in [0.717, 1.165) is 38.9 Å². The number of benzene rings is 1. The number of rotatable bonds is 4. The van der Waals surface area contributed by atoms with Crippen molar-refractivity contribution in [1.29, 1.82) is 0 Å². The van der Waals surface area contributed by atoms with Crippen LogP contribution in [0.15, 0.2) is 30.3 Å². The Morgan fingerprint density at radius 3 is 2.76 bits per heavy atom. The number of hydrogen-bond acceptors (Lipinski definition) is 2. The van der Waals surface area contributed by atoms with Crippen LogP contribution in [0.25, 0.3) is 0 Å². The van der Waals surface area contributed by atoms with Crippen LogP contribution in [0.1, 0.15) is 31.7 Å². The fourth-order valence-corrected chi connectivity index (χ4v) is 2.56. The minimum absolute atomic E-state index is 0.275. The molecule has 0 radical (unpaired) electrons. The van der Waals surface area contributed by atoms with Crippen LogP contribution < -0.4 is 0 Å². The molecule has 1 heterocycles. The second kappa shape index (κ2) is 5.97. The van der Waals surface area contributed by atoms with Crippen molar-refractivity contribution in [2.24, 2.45) is 5.92 Å². The average molecular weight is 231 g/mol. The highest BCUT2D eigenvalue weighted by atomic mass is 16.1. The number of likely N-dealkylation sites (tertiary alicyclic amines) is 1. The monoisotopic (exact) mass is 231 g/mol. The molecule has 1 aromatic rings. The second-order valence-corrected chi connectivity index (χ2v) is 4.92. The number of ketones is 1. The molecule has 0 bridgehead atoms. The molecule has 2 nitrogen and oxygen atoms in total. The highest BCUT2D eigenvalue weighted by Gasteiger charge is 2.25. The Hall–Kier alpha value is -1.15. The molecule has 2 rings (SSSR count). The molecule has 0 amide bonds. The fraction of sp³-hybridized carbons (Fsp3) is 0.533. The molecule has 1 atom stereocenters. The predicted octanol–water partition coefficient (Wildman–Crippen LogP) is 2.88. The highest BCUT2D eigenvalue weighted by Crippen LogP contribution is 2.19. The molecular formula is C15H21NO. The molecule has 0 saturated carbocycles. The van der Waals surface area contributed by atoms with Crippen molar-refractivity contribution in [3.63, 3.8) is 0 Å². The zero-order valence-corrected chi connectivity index (χ0v) is 10.6. The van der Waals surface area contributed by atoms with E-state index >= 15 is 0 Å². The van der Waals surface area contributed by atoms with Crippen LogP contribution >= 0.6 is 0 Å². The van der Waals surface area contributed by atoms with Crippen molar-refractivity contribution >= 4 is 5.78 Å². The summed E-state index contributed by atoms with van der Waals surface area (Å²) in [6.07, 6.45) is 2.89. The largest absolute Gasteiger partial charge is 0.299 e. The van der Waals surface area contributed by atoms with Gasteiger partial charge in [0.2, 0.25) is 0 Å². The maximum absolute atomic E-state index is 11.8. The van der Waals surface area contributed by atoms with Crippen LogP contribution in [0, 0.1) is 5.92 Å². The van der Waals surface area contributed by atoms with Crippen molar-refractivity contribution < 1.29 is 4.79 Å². The Bertz CT molecular complexity index is 360. The third kappa shape index (κ3) is 3.40. The summed E-state index contributed by atoms with van der Waals surface area (Å²) in [4.78, 5) is 14.2. The first-order valence-electron chi connectivity index (χ1n) is 6.58. The predicted molar refractivity (Wildman–Crippen MR) is 69.7 cm³/mol. The summed E-state index contributed by atoms with van der Waals surface area (Å²) in [6.45, 7) is 5.01. The number of hydrogen-bond donors (Lipinski definition) is 0. The van der Waals surface area contributed by atoms with E-state index in [0.29, 0.717) is 5.78 Å². The normalized spacial score (nSPS) is 21.7. The molecule has 0 aliphatic carbocycles. The Morgan fingerprint density at radius 2 is 2.06 bits per heavy atom. The van der Waals surface area contributed by atoms with E-state index < -0.39 is 0 Å². The first kappa shape index (κ1) is 12.3. The molecule has 0 spiro atoms. The summed E-state index contributed by atoms with van der Waals surface area (Å²) in [5.41, 5.74) is 1.34. The molecule has 1 aromatic carbocycles. The van der Waals surface area contributed by atoms with Gasteiger partial charge in [-0.25, -0.2) is 0 Å². The highest BCUT2D eigenvalue weighted by molar-refractivity contribution is 5.82. The zero-order valence-electron chi connectivity index (χ0n) is 10.6. The topological polar surface area (TPSA) is 20.3 Å². The Kier molecular flexibility index (Phi) is 4.32. The van der Waals surface area contributed by atoms with Gasteiger partial charge in [0.1, 0.15) is 5.78 Å². The first-order chi connectivity index (χ1) is 8.29. The van der Waals surface area contributed by atoms with Crippen LogP contribution in [-0.2, 0) is 11.3 Å². The maximum atomic E-state index is 11.8. The lowest BCUT2D eigenvalue weighted by molar-refractivity contribution is -0.126. The molecule has 1 aliphatic heterocycles. The third-order valence-electron chi connectivity index (χ3n) is 3.49. The van der Waals surface area contributed by atoms with Crippen LogP contribution in [0.4, 0.5) is 0 Å². The maximum Gasteiger partial charge on any atom is 0.138 e. The molecular weight excluding hydrogens is 210 g/mol. The number of nitrogens with zero attached hydrogens (tertiary/aromatic N) is 1. The van der Waals surface area contributed by atoms with Gasteiger partial charge in [0.25, 0.3) is 0 Å². The number of piperidine rings is 1. The van der Waals surface area contributed by atoms with Gasteiger partial charge in [-0.05, 0) is 12.0 Å². The first-order valence-corrected chi connectivity index (χ1v) is 6.58. The lowest BCUT2D eigenvalue weighted by Crippen LogP contribution is -2.40. The fourth-order valence-electron chi connectivity index (χ4n) is 2.56. The van der Waals surface area contributed by atoms with Crippen LogP contribution in [0.3, 0.4) is 0 Å². The van der Waals surface area contributed by atoms with E-state index in [-0.39, 0.29) is 5.92 Å². The summed E-state index contributed by atoms with van der Waals surface area (Å²) in [5.74, 6) is 0.744. The minimum Gasteiger partial charge on any atom is -0.299 e. The average Bonchev–Trinajstić information content (AvgIpc) is 2.35. The van der Waals surface area contributed by atoms with E-state index in [2.05, 4.69) is 36.1 Å². The molecule has 0 N–H and O–H groups in total. The summed E-state index contributed by atoms with van der Waals surface area (Å²) in [6, 6.07) is 10.5. The quantitative estimate of drug-likeness (QED) is 0.794. The van der Waals surface area contributed by atoms with E-state index in [1.54, 1.807) is 0 Å². The molecule has 92 valence electrons. The molecule has 17 heavy (non-hydrogen) atoms. The Balaban J connectivity index is 1.92. The van der Waals surface area contributed by atoms with Crippen molar-refractivity contribution in [2.75, 3.05) is 13.1 Å². The smallest absolute Gasteiger partial charge is 0.138 e. The van der Waals surface area contributed by atoms with Crippen molar-refractivity contribution in [3.05, 3.63) is 35.9 Å². The summed E-state index contributed by atoms with van der Waals surface area (Å²) in [7, 11) is 0. The molecule has 0 aromatic heterocycles. The van der Waals surface area contributed by atoms with Gasteiger partial charge in [0.05, 0.1) is 0 Å². The van der Waals surface area contributed by atoms with Crippen molar-refractivity contribution in [2.45, 2.75) is 32.7 Å². The summed E-state index contributed by atoms with van der Waals surface area (Å²) < 4.78 is 0. The van der Waals surface area contributed by atoms with E-state index in [1.807, 2.05) is 6.07 Å². The van der Waals surface area contributed by atoms with Gasteiger partial charge in [-0.15, -0.1) is 0 Å². The lowest BCUT2D eigenvalue weighted by atomic mass is 9.92. The number of Topliss-reactive ketones (excluding diaryl/α,β-unsaturated/α-hetero) is 1. The third-order valence-corrected chi connectivity index (χ3v) is 3.49. The van der Waals surface area contributed by atoms with Crippen molar-refractivity contribution in [1.82, 2.24) is 4.90 Å². The lowest BCUT2D eigenvalue weighted by Gasteiger charge is -2.31. The van der Waals surface area contributed by atoms with Gasteiger partial charge in [0, 0.05) is 32.0 Å². The van der Waals surface area contributed by atoms with Gasteiger partial charge in [-0.2, -0.15) is 0 Å². The minimum atomic E-state index is 0.275. The van der Waals surface area contributed by atoms with Crippen molar-refractivity contribution in [3.8, 4) is 0 Å². The van der Waals surface area contributed by atoms with Crippen LogP contribution in [0.5, 0.6) is 0 Å².